The second-order valence-electron chi connectivity index (χ2n) is 4.88. The summed E-state index contributed by atoms with van der Waals surface area (Å²) < 4.78 is 38.6. The summed E-state index contributed by atoms with van der Waals surface area (Å²) in [5.74, 6) is 0.573. The van der Waals surface area contributed by atoms with E-state index in [9.17, 15) is 18.0 Å². The van der Waals surface area contributed by atoms with Crippen molar-refractivity contribution in [3.05, 3.63) is 34.2 Å². The predicted molar refractivity (Wildman–Crippen MR) is 68.0 cm³/mol. The third-order valence-corrected chi connectivity index (χ3v) is 2.74. The highest BCUT2D eigenvalue weighted by Gasteiger charge is 2.30. The lowest BCUT2D eigenvalue weighted by atomic mass is 10.1. The van der Waals surface area contributed by atoms with Gasteiger partial charge in [-0.15, -0.1) is 0 Å². The molecule has 0 saturated heterocycles. The second kappa shape index (κ2) is 6.75. The molecule has 0 radical (unpaired) electrons. The molecule has 0 spiro atoms. The van der Waals surface area contributed by atoms with Gasteiger partial charge in [-0.2, -0.15) is 13.2 Å². The third-order valence-electron chi connectivity index (χ3n) is 2.74. The van der Waals surface area contributed by atoms with Crippen LogP contribution in [0.1, 0.15) is 25.8 Å². The first kappa shape index (κ1) is 15.8. The second-order valence-corrected chi connectivity index (χ2v) is 4.88. The van der Waals surface area contributed by atoms with Crippen LogP contribution in [-0.4, -0.2) is 17.7 Å². The molecular formula is C13H19F3N2O. The molecule has 0 aromatic carbocycles. The molecule has 0 aliphatic heterocycles. The van der Waals surface area contributed by atoms with E-state index in [-0.39, 0.29) is 6.54 Å². The summed E-state index contributed by atoms with van der Waals surface area (Å²) in [6.45, 7) is 5.71. The molecule has 3 nitrogen and oxygen atoms in total. The zero-order valence-electron chi connectivity index (χ0n) is 11.1. The average molecular weight is 276 g/mol. The van der Waals surface area contributed by atoms with Gasteiger partial charge in [0, 0.05) is 25.4 Å². The molecule has 6 heteroatoms. The van der Waals surface area contributed by atoms with Gasteiger partial charge >= 0.3 is 6.18 Å². The molecule has 1 aromatic rings. The van der Waals surface area contributed by atoms with E-state index in [0.717, 1.165) is 35.9 Å². The minimum atomic E-state index is -4.42. The van der Waals surface area contributed by atoms with Crippen molar-refractivity contribution in [2.75, 3.05) is 13.1 Å². The van der Waals surface area contributed by atoms with Crippen molar-refractivity contribution in [1.82, 2.24) is 9.88 Å². The summed E-state index contributed by atoms with van der Waals surface area (Å²) in [4.78, 5) is 11.4. The minimum absolute atomic E-state index is 0.237. The van der Waals surface area contributed by atoms with E-state index in [4.69, 9.17) is 0 Å². The van der Waals surface area contributed by atoms with Crippen LogP contribution in [0.2, 0.25) is 0 Å². The fraction of sp³-hybridized carbons (Fsp3) is 0.615. The van der Waals surface area contributed by atoms with Gasteiger partial charge in [0.1, 0.15) is 0 Å². The highest BCUT2D eigenvalue weighted by atomic mass is 19.4. The standard InChI is InChI=1S/C13H19F3N2O/c1-10(2)5-6-17-7-8-18-9-11(13(14,15)16)3-4-12(18)19/h3-4,9-10,17H,5-8H2,1-2H3. The van der Waals surface area contributed by atoms with E-state index >= 15 is 0 Å². The molecular weight excluding hydrogens is 257 g/mol. The van der Waals surface area contributed by atoms with Crippen molar-refractivity contribution in [2.45, 2.75) is 33.0 Å². The molecule has 0 amide bonds. The van der Waals surface area contributed by atoms with Crippen molar-refractivity contribution in [1.29, 1.82) is 0 Å². The Balaban J connectivity index is 2.56. The van der Waals surface area contributed by atoms with Crippen LogP contribution in [0.3, 0.4) is 0 Å². The van der Waals surface area contributed by atoms with Gasteiger partial charge in [-0.25, -0.2) is 0 Å². The third kappa shape index (κ3) is 5.46. The highest BCUT2D eigenvalue weighted by molar-refractivity contribution is 5.13. The molecule has 0 saturated carbocycles. The zero-order chi connectivity index (χ0) is 14.5. The summed E-state index contributed by atoms with van der Waals surface area (Å²) in [7, 11) is 0. The highest BCUT2D eigenvalue weighted by Crippen LogP contribution is 2.27. The Morgan fingerprint density at radius 3 is 2.53 bits per heavy atom. The summed E-state index contributed by atoms with van der Waals surface area (Å²) in [6, 6.07) is 1.77. The number of hydrogen-bond acceptors (Lipinski definition) is 2. The van der Waals surface area contributed by atoms with Gasteiger partial charge in [0.25, 0.3) is 5.56 Å². The van der Waals surface area contributed by atoms with Crippen molar-refractivity contribution in [2.24, 2.45) is 5.92 Å². The number of aromatic nitrogens is 1. The Hall–Kier alpha value is -1.30. The van der Waals surface area contributed by atoms with Crippen LogP contribution in [-0.2, 0) is 12.7 Å². The molecule has 1 aromatic heterocycles. The van der Waals surface area contributed by atoms with Crippen LogP contribution in [0, 0.1) is 5.92 Å². The van der Waals surface area contributed by atoms with Crippen molar-refractivity contribution in [3.63, 3.8) is 0 Å². The number of alkyl halides is 3. The maximum Gasteiger partial charge on any atom is 0.417 e. The molecule has 0 aliphatic carbocycles. The molecule has 0 bridgehead atoms. The molecule has 19 heavy (non-hydrogen) atoms. The first-order chi connectivity index (χ1) is 8.80. The fourth-order valence-electron chi connectivity index (χ4n) is 1.59. The fourth-order valence-corrected chi connectivity index (χ4v) is 1.59. The molecule has 1 rings (SSSR count). The largest absolute Gasteiger partial charge is 0.417 e. The number of rotatable bonds is 6. The van der Waals surface area contributed by atoms with Crippen LogP contribution in [0.25, 0.3) is 0 Å². The summed E-state index contributed by atoms with van der Waals surface area (Å²) in [5, 5.41) is 3.11. The molecule has 0 fully saturated rings. The lowest BCUT2D eigenvalue weighted by molar-refractivity contribution is -0.138. The van der Waals surface area contributed by atoms with E-state index in [1.54, 1.807) is 0 Å². The topological polar surface area (TPSA) is 34.0 Å². The summed E-state index contributed by atoms with van der Waals surface area (Å²) >= 11 is 0. The molecule has 0 unspecified atom stereocenters. The van der Waals surface area contributed by atoms with E-state index < -0.39 is 17.3 Å². The molecule has 1 heterocycles. The molecule has 108 valence electrons. The maximum absolute atomic E-state index is 12.5. The SMILES string of the molecule is CC(C)CCNCCn1cc(C(F)(F)F)ccc1=O. The van der Waals surface area contributed by atoms with Crippen LogP contribution in [0.15, 0.2) is 23.1 Å². The first-order valence-electron chi connectivity index (χ1n) is 6.29. The number of pyridine rings is 1. The van der Waals surface area contributed by atoms with Gasteiger partial charge in [-0.3, -0.25) is 4.79 Å². The van der Waals surface area contributed by atoms with Gasteiger partial charge in [0.2, 0.25) is 0 Å². The Labute approximate surface area is 110 Å². The first-order valence-corrected chi connectivity index (χ1v) is 6.29. The monoisotopic (exact) mass is 276 g/mol. The number of nitrogens with zero attached hydrogens (tertiary/aromatic N) is 1. The Morgan fingerprint density at radius 2 is 1.95 bits per heavy atom. The van der Waals surface area contributed by atoms with E-state index in [0.29, 0.717) is 12.5 Å². The Kier molecular flexibility index (Phi) is 5.60. The zero-order valence-corrected chi connectivity index (χ0v) is 11.1. The van der Waals surface area contributed by atoms with E-state index in [1.165, 1.54) is 0 Å². The lowest BCUT2D eigenvalue weighted by Gasteiger charge is -2.11. The lowest BCUT2D eigenvalue weighted by Crippen LogP contribution is -2.28. The number of nitrogens with one attached hydrogen (secondary N) is 1. The van der Waals surface area contributed by atoms with Crippen LogP contribution in [0.5, 0.6) is 0 Å². The van der Waals surface area contributed by atoms with Crippen LogP contribution in [0.4, 0.5) is 13.2 Å². The smallest absolute Gasteiger partial charge is 0.315 e. The quantitative estimate of drug-likeness (QED) is 0.810. The van der Waals surface area contributed by atoms with Crippen molar-refractivity contribution in [3.8, 4) is 0 Å². The normalized spacial score (nSPS) is 12.1. The number of halogens is 3. The Morgan fingerprint density at radius 1 is 1.26 bits per heavy atom. The minimum Gasteiger partial charge on any atom is -0.315 e. The molecule has 0 atom stereocenters. The van der Waals surface area contributed by atoms with Crippen molar-refractivity contribution >= 4 is 0 Å². The average Bonchev–Trinajstić information content (AvgIpc) is 2.29. The van der Waals surface area contributed by atoms with Gasteiger partial charge in [0.15, 0.2) is 0 Å². The Bertz CT molecular complexity index is 452. The number of hydrogen-bond donors (Lipinski definition) is 1. The van der Waals surface area contributed by atoms with Crippen LogP contribution < -0.4 is 10.9 Å². The molecule has 1 N–H and O–H groups in total. The van der Waals surface area contributed by atoms with Crippen LogP contribution >= 0.6 is 0 Å². The van der Waals surface area contributed by atoms with Gasteiger partial charge in [-0.1, -0.05) is 13.8 Å². The maximum atomic E-state index is 12.5. The van der Waals surface area contributed by atoms with Gasteiger partial charge < -0.3 is 9.88 Å². The van der Waals surface area contributed by atoms with E-state index in [2.05, 4.69) is 19.2 Å². The predicted octanol–water partition coefficient (Wildman–Crippen LogP) is 2.50. The summed E-state index contributed by atoms with van der Waals surface area (Å²) in [5.41, 5.74) is -1.21. The van der Waals surface area contributed by atoms with E-state index in [1.807, 2.05) is 0 Å². The molecule has 0 aliphatic rings. The summed E-state index contributed by atoms with van der Waals surface area (Å²) in [6.07, 6.45) is -2.55. The van der Waals surface area contributed by atoms with Gasteiger partial charge in [0.05, 0.1) is 5.56 Å². The van der Waals surface area contributed by atoms with Crippen molar-refractivity contribution < 1.29 is 13.2 Å². The van der Waals surface area contributed by atoms with Gasteiger partial charge in [-0.05, 0) is 24.9 Å².